The van der Waals surface area contributed by atoms with Crippen molar-refractivity contribution < 1.29 is 4.42 Å². The van der Waals surface area contributed by atoms with Crippen LogP contribution in [0.25, 0.3) is 65.4 Å². The summed E-state index contributed by atoms with van der Waals surface area (Å²) in [6.45, 7) is 0. The molecule has 66 heavy (non-hydrogen) atoms. The summed E-state index contributed by atoms with van der Waals surface area (Å²) in [7, 11) is 0. The quantitative estimate of drug-likeness (QED) is 0.155. The number of hydrogen-bond acceptors (Lipinski definition) is 3. The number of furan rings is 1. The smallest absolute Gasteiger partial charge is 0.137 e. The molecule has 1 heterocycles. The molecule has 3 nitrogen and oxygen atoms in total. The molecule has 16 rings (SSSR count). The fourth-order valence-electron chi connectivity index (χ4n) is 14.4. The van der Waals surface area contributed by atoms with Crippen LogP contribution in [0.15, 0.2) is 199 Å². The Morgan fingerprint density at radius 1 is 0.379 bits per heavy atom. The van der Waals surface area contributed by atoms with E-state index in [1.165, 1.54) is 92.6 Å². The number of fused-ring (bicyclic) bond motifs is 6. The van der Waals surface area contributed by atoms with E-state index in [-0.39, 0.29) is 12.8 Å². The average molecular weight is 851 g/mol. The Balaban J connectivity index is 0.00000416. The van der Waals surface area contributed by atoms with Crippen LogP contribution in [0.5, 0.6) is 0 Å². The van der Waals surface area contributed by atoms with Crippen molar-refractivity contribution >= 4 is 88.4 Å². The van der Waals surface area contributed by atoms with Gasteiger partial charge in [0.2, 0.25) is 0 Å². The molecular weight excluding hydrogens is 801 g/mol. The average Bonchev–Trinajstić information content (AvgIpc) is 3.89. The second-order valence-electron chi connectivity index (χ2n) is 19.6. The second kappa shape index (κ2) is 14.1. The summed E-state index contributed by atoms with van der Waals surface area (Å²) in [6, 6.07) is 72.5. The van der Waals surface area contributed by atoms with E-state index in [2.05, 4.69) is 204 Å². The molecule has 4 fully saturated rings. The zero-order valence-corrected chi connectivity index (χ0v) is 36.1. The number of para-hydroxylation sites is 3. The minimum atomic E-state index is 0. The molecule has 0 N–H and O–H groups in total. The van der Waals surface area contributed by atoms with Gasteiger partial charge in [-0.25, -0.2) is 0 Å². The van der Waals surface area contributed by atoms with Gasteiger partial charge in [-0.15, -0.1) is 0 Å². The third-order valence-corrected chi connectivity index (χ3v) is 16.5. The summed E-state index contributed by atoms with van der Waals surface area (Å²) in [6.07, 6.45) is 6.96. The van der Waals surface area contributed by atoms with Crippen LogP contribution >= 0.6 is 0 Å². The van der Waals surface area contributed by atoms with Gasteiger partial charge in [0.05, 0.1) is 28.1 Å². The van der Waals surface area contributed by atoms with Crippen molar-refractivity contribution in [2.24, 2.45) is 23.7 Å². The predicted octanol–water partition coefficient (Wildman–Crippen LogP) is 17.8. The molecule has 5 aliphatic rings. The first kappa shape index (κ1) is 38.0. The van der Waals surface area contributed by atoms with E-state index in [0.29, 0.717) is 11.8 Å². The SMILES string of the molecule is C.c1ccc(N(c2cccc3c2-c2ccccc2C32C3CC4CC(C3)CC2C4)c2ccc3ccc4c(N(c5ccccc5)c5cccc6oc7ccccc7c56)ccc5ccc2c3c54)cc1. The number of rotatable bonds is 6. The van der Waals surface area contributed by atoms with Gasteiger partial charge in [-0.2, -0.15) is 0 Å². The van der Waals surface area contributed by atoms with E-state index in [1.807, 2.05) is 0 Å². The highest BCUT2D eigenvalue weighted by molar-refractivity contribution is 6.28. The lowest BCUT2D eigenvalue weighted by atomic mass is 9.43. The van der Waals surface area contributed by atoms with Gasteiger partial charge in [-0.3, -0.25) is 0 Å². The molecule has 0 aliphatic heterocycles. The van der Waals surface area contributed by atoms with Gasteiger partial charge in [0.15, 0.2) is 0 Å². The lowest BCUT2D eigenvalue weighted by molar-refractivity contribution is -0.0399. The predicted molar refractivity (Wildman–Crippen MR) is 277 cm³/mol. The molecule has 4 saturated carbocycles. The Labute approximate surface area is 385 Å². The van der Waals surface area contributed by atoms with E-state index in [4.69, 9.17) is 4.42 Å². The summed E-state index contributed by atoms with van der Waals surface area (Å²) in [4.78, 5) is 5.04. The zero-order chi connectivity index (χ0) is 42.4. The molecule has 0 atom stereocenters. The lowest BCUT2D eigenvalue weighted by Crippen LogP contribution is -2.55. The van der Waals surface area contributed by atoms with Crippen LogP contribution in [-0.4, -0.2) is 0 Å². The topological polar surface area (TPSA) is 19.6 Å². The fraction of sp³-hybridized carbons (Fsp3) is 0.175. The van der Waals surface area contributed by atoms with E-state index >= 15 is 0 Å². The van der Waals surface area contributed by atoms with Gasteiger partial charge < -0.3 is 14.2 Å². The molecule has 1 aromatic heterocycles. The Bertz CT molecular complexity index is 3670. The monoisotopic (exact) mass is 850 g/mol. The third-order valence-electron chi connectivity index (χ3n) is 16.5. The van der Waals surface area contributed by atoms with Gasteiger partial charge in [0.1, 0.15) is 11.2 Å². The minimum Gasteiger partial charge on any atom is -0.456 e. The third kappa shape index (κ3) is 5.03. The van der Waals surface area contributed by atoms with Crippen molar-refractivity contribution in [3.05, 3.63) is 205 Å². The molecule has 5 aliphatic carbocycles. The van der Waals surface area contributed by atoms with E-state index in [9.17, 15) is 0 Å². The van der Waals surface area contributed by atoms with Crippen LogP contribution in [0.3, 0.4) is 0 Å². The Morgan fingerprint density at radius 3 is 1.56 bits per heavy atom. The summed E-state index contributed by atoms with van der Waals surface area (Å²) in [5, 5.41) is 9.78. The summed E-state index contributed by atoms with van der Waals surface area (Å²) in [5.41, 5.74) is 14.9. The van der Waals surface area contributed by atoms with Crippen LogP contribution in [0.2, 0.25) is 0 Å². The van der Waals surface area contributed by atoms with Crippen molar-refractivity contribution in [3.8, 4) is 11.1 Å². The number of benzene rings is 10. The molecule has 3 heteroatoms. The first-order valence-electron chi connectivity index (χ1n) is 23.8. The first-order valence-corrected chi connectivity index (χ1v) is 23.8. The molecular formula is C63H50N2O. The normalized spacial score (nSPS) is 21.3. The Hall–Kier alpha value is -7.36. The highest BCUT2D eigenvalue weighted by atomic mass is 16.3. The van der Waals surface area contributed by atoms with Crippen molar-refractivity contribution in [2.75, 3.05) is 9.80 Å². The number of anilines is 6. The maximum atomic E-state index is 6.48. The van der Waals surface area contributed by atoms with Gasteiger partial charge in [0.25, 0.3) is 0 Å². The maximum Gasteiger partial charge on any atom is 0.137 e. The van der Waals surface area contributed by atoms with Crippen LogP contribution in [-0.2, 0) is 5.41 Å². The maximum absolute atomic E-state index is 6.48. The fourth-order valence-corrected chi connectivity index (χ4v) is 14.4. The highest BCUT2D eigenvalue weighted by Crippen LogP contribution is 2.70. The molecule has 4 bridgehead atoms. The van der Waals surface area contributed by atoms with Crippen molar-refractivity contribution in [1.82, 2.24) is 0 Å². The largest absolute Gasteiger partial charge is 0.456 e. The number of nitrogens with zero attached hydrogens (tertiary/aromatic N) is 2. The zero-order valence-electron chi connectivity index (χ0n) is 36.1. The van der Waals surface area contributed by atoms with Gasteiger partial charge in [-0.1, -0.05) is 141 Å². The molecule has 318 valence electrons. The van der Waals surface area contributed by atoms with E-state index in [1.54, 1.807) is 11.1 Å². The van der Waals surface area contributed by atoms with Crippen molar-refractivity contribution in [3.63, 3.8) is 0 Å². The van der Waals surface area contributed by atoms with Crippen molar-refractivity contribution in [2.45, 2.75) is 44.9 Å². The van der Waals surface area contributed by atoms with Crippen LogP contribution in [0, 0.1) is 23.7 Å². The molecule has 10 aromatic carbocycles. The van der Waals surface area contributed by atoms with Crippen molar-refractivity contribution in [1.29, 1.82) is 0 Å². The molecule has 0 amide bonds. The highest BCUT2D eigenvalue weighted by Gasteiger charge is 2.62. The van der Waals surface area contributed by atoms with E-state index in [0.717, 1.165) is 50.8 Å². The van der Waals surface area contributed by atoms with Crippen LogP contribution in [0.4, 0.5) is 34.1 Å². The summed E-state index contributed by atoms with van der Waals surface area (Å²) in [5.74, 6) is 3.22. The molecule has 0 radical (unpaired) electrons. The number of hydrogen-bond donors (Lipinski definition) is 0. The van der Waals surface area contributed by atoms with Gasteiger partial charge in [-0.05, 0) is 155 Å². The van der Waals surface area contributed by atoms with Crippen LogP contribution < -0.4 is 9.80 Å². The summed E-state index contributed by atoms with van der Waals surface area (Å²) >= 11 is 0. The standard InChI is InChI=1S/C62H46N2O.CH4/c1-3-13-44(14-4-1)63(54-21-11-20-51-60(54)46-17-7-9-19-50(46)62(51)42-34-38-33-39(36-42)37-43(62)35-38)52-31-27-40-26-30-48-53(32-28-41-25-29-47(52)58(40)59(41)48)64(45-15-5-2-6-16-45)55-22-12-24-57-61(55)49-18-8-10-23-56(49)65-57;/h1-32,38-39,42-43H,33-37H2;1H4. The van der Waals surface area contributed by atoms with E-state index < -0.39 is 0 Å². The first-order chi connectivity index (χ1) is 32.2. The molecule has 11 aromatic rings. The molecule has 0 unspecified atom stereocenters. The summed E-state index contributed by atoms with van der Waals surface area (Å²) < 4.78 is 6.48. The Morgan fingerprint density at radius 2 is 0.894 bits per heavy atom. The lowest BCUT2D eigenvalue weighted by Gasteiger charge is -2.61. The molecule has 0 saturated heterocycles. The molecule has 1 spiro atoms. The Kier molecular flexibility index (Phi) is 8.09. The second-order valence-corrected chi connectivity index (χ2v) is 19.6. The van der Waals surface area contributed by atoms with Gasteiger partial charge >= 0.3 is 0 Å². The minimum absolute atomic E-state index is 0. The van der Waals surface area contributed by atoms with Gasteiger partial charge in [0, 0.05) is 38.5 Å². The van der Waals surface area contributed by atoms with Crippen LogP contribution in [0.1, 0.15) is 50.7 Å².